The Kier molecular flexibility index (Phi) is 3.35. The highest BCUT2D eigenvalue weighted by molar-refractivity contribution is 6.33. The van der Waals surface area contributed by atoms with E-state index in [1.165, 1.54) is 6.42 Å². The summed E-state index contributed by atoms with van der Waals surface area (Å²) in [5.74, 6) is 2.22. The molecule has 0 bridgehead atoms. The lowest BCUT2D eigenvalue weighted by atomic mass is 10.0. The van der Waals surface area contributed by atoms with Gasteiger partial charge < -0.3 is 9.73 Å². The van der Waals surface area contributed by atoms with Crippen LogP contribution in [-0.2, 0) is 6.42 Å². The van der Waals surface area contributed by atoms with E-state index in [1.807, 2.05) is 30.5 Å². The van der Waals surface area contributed by atoms with Crippen LogP contribution in [-0.4, -0.2) is 18.1 Å². The van der Waals surface area contributed by atoms with Crippen LogP contribution in [0, 0.1) is 5.92 Å². The number of benzene rings is 1. The molecule has 94 valence electrons. The molecule has 1 N–H and O–H groups in total. The minimum Gasteiger partial charge on any atom is -0.441 e. The van der Waals surface area contributed by atoms with Crippen LogP contribution in [0.2, 0.25) is 5.02 Å². The zero-order chi connectivity index (χ0) is 12.4. The molecule has 1 aliphatic rings. The fourth-order valence-corrected chi connectivity index (χ4v) is 2.55. The van der Waals surface area contributed by atoms with E-state index in [0.29, 0.717) is 16.8 Å². The van der Waals surface area contributed by atoms with Crippen LogP contribution in [0.3, 0.4) is 0 Å². The van der Waals surface area contributed by atoms with Crippen LogP contribution in [0.1, 0.15) is 12.2 Å². The molecule has 1 aromatic heterocycles. The van der Waals surface area contributed by atoms with Crippen molar-refractivity contribution in [3.05, 3.63) is 41.2 Å². The molecule has 3 rings (SSSR count). The highest BCUT2D eigenvalue weighted by Gasteiger charge is 2.18. The summed E-state index contributed by atoms with van der Waals surface area (Å²) in [5.41, 5.74) is 0.856. The second kappa shape index (κ2) is 5.12. The van der Waals surface area contributed by atoms with Crippen molar-refractivity contribution in [3.8, 4) is 11.5 Å². The molecule has 1 fully saturated rings. The number of aromatic nitrogens is 1. The minimum absolute atomic E-state index is 0.613. The van der Waals surface area contributed by atoms with Gasteiger partial charge in [0.15, 0.2) is 0 Å². The molecule has 0 amide bonds. The molecule has 0 radical (unpaired) electrons. The molecule has 1 unspecified atom stereocenters. The Hall–Kier alpha value is -1.32. The molecule has 1 aliphatic heterocycles. The van der Waals surface area contributed by atoms with Gasteiger partial charge in [-0.1, -0.05) is 23.7 Å². The van der Waals surface area contributed by atoms with Gasteiger partial charge in [-0.05, 0) is 37.6 Å². The topological polar surface area (TPSA) is 38.1 Å². The van der Waals surface area contributed by atoms with E-state index in [4.69, 9.17) is 16.0 Å². The lowest BCUT2D eigenvalue weighted by molar-refractivity contribution is 0.462. The zero-order valence-corrected chi connectivity index (χ0v) is 10.8. The fraction of sp³-hybridized carbons (Fsp3) is 0.357. The predicted octanol–water partition coefficient (Wildman–Crippen LogP) is 3.15. The van der Waals surface area contributed by atoms with Gasteiger partial charge in [-0.3, -0.25) is 0 Å². The first kappa shape index (κ1) is 11.8. The first-order valence-corrected chi connectivity index (χ1v) is 6.61. The van der Waals surface area contributed by atoms with Crippen LogP contribution in [0.15, 0.2) is 34.9 Å². The van der Waals surface area contributed by atoms with Crippen LogP contribution in [0.25, 0.3) is 11.5 Å². The Labute approximate surface area is 111 Å². The van der Waals surface area contributed by atoms with Crippen molar-refractivity contribution in [3.63, 3.8) is 0 Å². The van der Waals surface area contributed by atoms with Crippen molar-refractivity contribution in [2.75, 3.05) is 13.1 Å². The van der Waals surface area contributed by atoms with Gasteiger partial charge in [-0.15, -0.1) is 0 Å². The molecule has 1 aromatic carbocycles. The van der Waals surface area contributed by atoms with Crippen LogP contribution >= 0.6 is 11.6 Å². The molecule has 2 heterocycles. The second-order valence-corrected chi connectivity index (χ2v) is 5.08. The Balaban J connectivity index is 1.79. The smallest absolute Gasteiger partial charge is 0.227 e. The zero-order valence-electron chi connectivity index (χ0n) is 10.0. The van der Waals surface area contributed by atoms with Crippen LogP contribution in [0.4, 0.5) is 0 Å². The summed E-state index contributed by atoms with van der Waals surface area (Å²) in [7, 11) is 0. The van der Waals surface area contributed by atoms with Crippen molar-refractivity contribution in [1.29, 1.82) is 0 Å². The summed E-state index contributed by atoms with van der Waals surface area (Å²) in [5, 5.41) is 4.03. The number of hydrogen-bond acceptors (Lipinski definition) is 3. The van der Waals surface area contributed by atoms with Gasteiger partial charge in [-0.25, -0.2) is 4.98 Å². The monoisotopic (exact) mass is 262 g/mol. The lowest BCUT2D eigenvalue weighted by Crippen LogP contribution is -2.10. The summed E-state index contributed by atoms with van der Waals surface area (Å²) in [4.78, 5) is 4.32. The van der Waals surface area contributed by atoms with Gasteiger partial charge in [0, 0.05) is 6.42 Å². The van der Waals surface area contributed by atoms with Crippen molar-refractivity contribution in [2.24, 2.45) is 5.92 Å². The molecule has 0 aliphatic carbocycles. The van der Waals surface area contributed by atoms with E-state index in [1.54, 1.807) is 0 Å². The van der Waals surface area contributed by atoms with E-state index >= 15 is 0 Å². The normalized spacial score (nSPS) is 19.3. The highest BCUT2D eigenvalue weighted by atomic mass is 35.5. The number of nitrogens with zero attached hydrogens (tertiary/aromatic N) is 1. The molecule has 1 saturated heterocycles. The Bertz CT molecular complexity index is 532. The van der Waals surface area contributed by atoms with Gasteiger partial charge >= 0.3 is 0 Å². The number of halogens is 1. The predicted molar refractivity (Wildman–Crippen MR) is 71.6 cm³/mol. The number of oxazole rings is 1. The molecular weight excluding hydrogens is 248 g/mol. The summed E-state index contributed by atoms with van der Waals surface area (Å²) < 4.78 is 5.79. The van der Waals surface area contributed by atoms with E-state index in [0.717, 1.165) is 30.8 Å². The Morgan fingerprint density at radius 3 is 3.06 bits per heavy atom. The first-order valence-electron chi connectivity index (χ1n) is 6.23. The maximum absolute atomic E-state index is 6.13. The molecule has 4 heteroatoms. The summed E-state index contributed by atoms with van der Waals surface area (Å²) in [6.45, 7) is 2.18. The quantitative estimate of drug-likeness (QED) is 0.923. The van der Waals surface area contributed by atoms with E-state index in [2.05, 4.69) is 10.3 Å². The molecule has 0 spiro atoms. The number of rotatable bonds is 3. The Morgan fingerprint density at radius 2 is 2.28 bits per heavy atom. The average molecular weight is 263 g/mol. The minimum atomic E-state index is 0.613. The van der Waals surface area contributed by atoms with Gasteiger partial charge in [0.25, 0.3) is 0 Å². The summed E-state index contributed by atoms with van der Waals surface area (Å²) in [6, 6.07) is 7.61. The van der Waals surface area contributed by atoms with Gasteiger partial charge in [-0.2, -0.15) is 0 Å². The van der Waals surface area contributed by atoms with E-state index < -0.39 is 0 Å². The highest BCUT2D eigenvalue weighted by Crippen LogP contribution is 2.28. The van der Waals surface area contributed by atoms with Crippen molar-refractivity contribution >= 4 is 11.6 Å². The van der Waals surface area contributed by atoms with Crippen molar-refractivity contribution < 1.29 is 4.42 Å². The lowest BCUT2D eigenvalue weighted by Gasteiger charge is -2.04. The third kappa shape index (κ3) is 2.42. The number of hydrogen-bond donors (Lipinski definition) is 1. The molecule has 18 heavy (non-hydrogen) atoms. The van der Waals surface area contributed by atoms with E-state index in [9.17, 15) is 0 Å². The van der Waals surface area contributed by atoms with Gasteiger partial charge in [0.05, 0.1) is 16.8 Å². The summed E-state index contributed by atoms with van der Waals surface area (Å²) in [6.07, 6.45) is 3.98. The SMILES string of the molecule is Clc1ccccc1-c1ncc(CC2CCNC2)o1. The van der Waals surface area contributed by atoms with Gasteiger partial charge in [0.1, 0.15) is 5.76 Å². The van der Waals surface area contributed by atoms with E-state index in [-0.39, 0.29) is 0 Å². The third-order valence-corrected chi connectivity index (χ3v) is 3.64. The summed E-state index contributed by atoms with van der Waals surface area (Å²) >= 11 is 6.13. The maximum atomic E-state index is 6.13. The van der Waals surface area contributed by atoms with Crippen LogP contribution < -0.4 is 5.32 Å². The second-order valence-electron chi connectivity index (χ2n) is 4.67. The average Bonchev–Trinajstić information content (AvgIpc) is 3.02. The fourth-order valence-electron chi connectivity index (χ4n) is 2.33. The molecule has 3 nitrogen and oxygen atoms in total. The molecule has 2 aromatic rings. The standard InChI is InChI=1S/C14H15ClN2O/c15-13-4-2-1-3-12(13)14-17-9-11(18-14)7-10-5-6-16-8-10/h1-4,9-10,16H,5-8H2. The first-order chi connectivity index (χ1) is 8.83. The molecule has 1 atom stereocenters. The maximum Gasteiger partial charge on any atom is 0.227 e. The van der Waals surface area contributed by atoms with Crippen LogP contribution in [0.5, 0.6) is 0 Å². The largest absolute Gasteiger partial charge is 0.441 e. The third-order valence-electron chi connectivity index (χ3n) is 3.31. The van der Waals surface area contributed by atoms with Crippen molar-refractivity contribution in [1.82, 2.24) is 10.3 Å². The molecular formula is C14H15ClN2O. The van der Waals surface area contributed by atoms with Gasteiger partial charge in [0.2, 0.25) is 5.89 Å². The number of nitrogens with one attached hydrogen (secondary N) is 1. The molecule has 0 saturated carbocycles. The Morgan fingerprint density at radius 1 is 1.39 bits per heavy atom. The van der Waals surface area contributed by atoms with Crippen molar-refractivity contribution in [2.45, 2.75) is 12.8 Å².